The fraction of sp³-hybridized carbons (Fsp3) is 0.133. The second-order valence-electron chi connectivity index (χ2n) is 4.60. The molecule has 2 aromatic carbocycles. The summed E-state index contributed by atoms with van der Waals surface area (Å²) in [7, 11) is 0. The molecule has 0 heterocycles. The van der Waals surface area contributed by atoms with Crippen molar-refractivity contribution in [1.29, 1.82) is 0 Å². The molecule has 0 aliphatic rings. The van der Waals surface area contributed by atoms with Crippen molar-refractivity contribution < 1.29 is 18.0 Å². The summed E-state index contributed by atoms with van der Waals surface area (Å²) < 4.78 is 40.1. The number of nitrogen functional groups attached to an aromatic ring is 1. The Hall–Kier alpha value is -2.30. The molecule has 0 fully saturated rings. The number of nitrogens with two attached hydrogens (primary N) is 1. The van der Waals surface area contributed by atoms with E-state index in [0.29, 0.717) is 23.4 Å². The van der Waals surface area contributed by atoms with Gasteiger partial charge in [-0.25, -0.2) is 13.2 Å². The van der Waals surface area contributed by atoms with Crippen LogP contribution in [0, 0.1) is 31.3 Å². The number of carbonyl (C=O) groups is 1. The SMILES string of the molecule is Cc1cc(C)c(C(=O)c2c(F)cc(F)cc2F)cc1N. The van der Waals surface area contributed by atoms with Crippen LogP contribution in [-0.4, -0.2) is 5.78 Å². The maximum atomic E-state index is 13.6. The van der Waals surface area contributed by atoms with E-state index in [9.17, 15) is 18.0 Å². The van der Waals surface area contributed by atoms with Crippen molar-refractivity contribution in [3.8, 4) is 0 Å². The molecule has 0 atom stereocenters. The summed E-state index contributed by atoms with van der Waals surface area (Å²) >= 11 is 0. The molecule has 2 N–H and O–H groups in total. The number of benzene rings is 2. The van der Waals surface area contributed by atoms with Crippen molar-refractivity contribution in [3.05, 3.63) is 64.0 Å². The molecule has 2 aromatic rings. The zero-order valence-corrected chi connectivity index (χ0v) is 10.9. The minimum absolute atomic E-state index is 0.0949. The van der Waals surface area contributed by atoms with Gasteiger partial charge in [0.05, 0.1) is 5.56 Å². The minimum Gasteiger partial charge on any atom is -0.398 e. The van der Waals surface area contributed by atoms with E-state index in [1.165, 1.54) is 6.07 Å². The topological polar surface area (TPSA) is 43.1 Å². The van der Waals surface area contributed by atoms with Gasteiger partial charge < -0.3 is 5.73 Å². The van der Waals surface area contributed by atoms with E-state index < -0.39 is 28.8 Å². The molecular weight excluding hydrogens is 267 g/mol. The van der Waals surface area contributed by atoms with Gasteiger partial charge in [0.2, 0.25) is 0 Å². The summed E-state index contributed by atoms with van der Waals surface area (Å²) in [5.41, 5.74) is 6.68. The van der Waals surface area contributed by atoms with Crippen LogP contribution in [0.4, 0.5) is 18.9 Å². The third kappa shape index (κ3) is 2.39. The van der Waals surface area contributed by atoms with Gasteiger partial charge in [-0.1, -0.05) is 6.07 Å². The van der Waals surface area contributed by atoms with Gasteiger partial charge in [0.15, 0.2) is 5.78 Å². The van der Waals surface area contributed by atoms with Gasteiger partial charge in [-0.2, -0.15) is 0 Å². The standard InChI is InChI=1S/C15H12F3NO/c1-7-3-8(2)13(19)6-10(7)15(20)14-11(17)4-9(16)5-12(14)18/h3-6H,19H2,1-2H3. The average molecular weight is 279 g/mol. The molecule has 0 aliphatic heterocycles. The van der Waals surface area contributed by atoms with Crippen molar-refractivity contribution in [2.24, 2.45) is 0 Å². The van der Waals surface area contributed by atoms with Gasteiger partial charge in [0.1, 0.15) is 17.5 Å². The van der Waals surface area contributed by atoms with E-state index in [4.69, 9.17) is 5.73 Å². The van der Waals surface area contributed by atoms with Crippen LogP contribution in [0.5, 0.6) is 0 Å². The first-order valence-electron chi connectivity index (χ1n) is 5.87. The van der Waals surface area contributed by atoms with Crippen LogP contribution >= 0.6 is 0 Å². The van der Waals surface area contributed by atoms with Crippen LogP contribution in [0.2, 0.25) is 0 Å². The second kappa shape index (κ2) is 5.00. The summed E-state index contributed by atoms with van der Waals surface area (Å²) in [4.78, 5) is 12.2. The van der Waals surface area contributed by atoms with Crippen LogP contribution < -0.4 is 5.73 Å². The molecule has 2 nitrogen and oxygen atoms in total. The summed E-state index contributed by atoms with van der Waals surface area (Å²) in [5, 5.41) is 0. The van der Waals surface area contributed by atoms with Crippen molar-refractivity contribution >= 4 is 11.5 Å². The number of ketones is 1. The lowest BCUT2D eigenvalue weighted by Crippen LogP contribution is -2.11. The van der Waals surface area contributed by atoms with Crippen molar-refractivity contribution in [2.45, 2.75) is 13.8 Å². The van der Waals surface area contributed by atoms with E-state index in [1.54, 1.807) is 19.9 Å². The highest BCUT2D eigenvalue weighted by Crippen LogP contribution is 2.24. The predicted octanol–water partition coefficient (Wildman–Crippen LogP) is 3.53. The number of halogens is 3. The van der Waals surface area contributed by atoms with Crippen molar-refractivity contribution in [3.63, 3.8) is 0 Å². The fourth-order valence-electron chi connectivity index (χ4n) is 2.01. The Morgan fingerprint density at radius 2 is 1.50 bits per heavy atom. The van der Waals surface area contributed by atoms with Gasteiger partial charge in [0, 0.05) is 23.4 Å². The molecule has 2 rings (SSSR count). The zero-order valence-electron chi connectivity index (χ0n) is 10.9. The van der Waals surface area contributed by atoms with Crippen LogP contribution in [-0.2, 0) is 0 Å². The molecule has 20 heavy (non-hydrogen) atoms. The number of hydrogen-bond acceptors (Lipinski definition) is 2. The number of rotatable bonds is 2. The Bertz CT molecular complexity index is 688. The average Bonchev–Trinajstić information content (AvgIpc) is 2.32. The smallest absolute Gasteiger partial charge is 0.199 e. The first-order valence-corrected chi connectivity index (χ1v) is 5.87. The number of anilines is 1. The third-order valence-corrected chi connectivity index (χ3v) is 3.09. The molecule has 0 aliphatic carbocycles. The summed E-state index contributed by atoms with van der Waals surface area (Å²) in [6, 6.07) is 3.98. The molecular formula is C15H12F3NO. The largest absolute Gasteiger partial charge is 0.398 e. The highest BCUT2D eigenvalue weighted by atomic mass is 19.1. The number of aryl methyl sites for hydroxylation is 2. The summed E-state index contributed by atoms with van der Waals surface area (Å²) in [5.74, 6) is -4.39. The van der Waals surface area contributed by atoms with E-state index >= 15 is 0 Å². The Morgan fingerprint density at radius 3 is 2.05 bits per heavy atom. The Labute approximate surface area is 114 Å². The molecule has 0 aromatic heterocycles. The highest BCUT2D eigenvalue weighted by Gasteiger charge is 2.22. The van der Waals surface area contributed by atoms with E-state index in [1.807, 2.05) is 0 Å². The fourth-order valence-corrected chi connectivity index (χ4v) is 2.01. The molecule has 0 saturated heterocycles. The monoisotopic (exact) mass is 279 g/mol. The molecule has 0 unspecified atom stereocenters. The van der Waals surface area contributed by atoms with Gasteiger partial charge >= 0.3 is 0 Å². The number of carbonyl (C=O) groups excluding carboxylic acids is 1. The number of hydrogen-bond donors (Lipinski definition) is 1. The van der Waals surface area contributed by atoms with Gasteiger partial charge in [0.25, 0.3) is 0 Å². The highest BCUT2D eigenvalue weighted by molar-refractivity contribution is 6.10. The quantitative estimate of drug-likeness (QED) is 0.675. The maximum absolute atomic E-state index is 13.6. The molecule has 0 saturated carbocycles. The lowest BCUT2D eigenvalue weighted by molar-refractivity contribution is 0.103. The van der Waals surface area contributed by atoms with E-state index in [2.05, 4.69) is 0 Å². The Kier molecular flexibility index (Phi) is 3.53. The maximum Gasteiger partial charge on any atom is 0.199 e. The van der Waals surface area contributed by atoms with E-state index in [0.717, 1.165) is 5.56 Å². The first-order chi connectivity index (χ1) is 9.31. The molecule has 0 bridgehead atoms. The second-order valence-corrected chi connectivity index (χ2v) is 4.60. The lowest BCUT2D eigenvalue weighted by Gasteiger charge is -2.10. The summed E-state index contributed by atoms with van der Waals surface area (Å²) in [6.45, 7) is 3.40. The Morgan fingerprint density at radius 1 is 0.950 bits per heavy atom. The zero-order chi connectivity index (χ0) is 15.0. The first kappa shape index (κ1) is 14.1. The van der Waals surface area contributed by atoms with Crippen LogP contribution in [0.25, 0.3) is 0 Å². The minimum atomic E-state index is -1.23. The summed E-state index contributed by atoms with van der Waals surface area (Å²) in [6.07, 6.45) is 0. The predicted molar refractivity (Wildman–Crippen MR) is 70.1 cm³/mol. The van der Waals surface area contributed by atoms with Crippen molar-refractivity contribution in [2.75, 3.05) is 5.73 Å². The van der Waals surface area contributed by atoms with Gasteiger partial charge in [-0.15, -0.1) is 0 Å². The Balaban J connectivity index is 2.61. The lowest BCUT2D eigenvalue weighted by atomic mass is 9.96. The molecule has 0 amide bonds. The van der Waals surface area contributed by atoms with Crippen molar-refractivity contribution in [1.82, 2.24) is 0 Å². The van der Waals surface area contributed by atoms with Gasteiger partial charge in [-0.3, -0.25) is 4.79 Å². The van der Waals surface area contributed by atoms with Gasteiger partial charge in [-0.05, 0) is 31.0 Å². The molecule has 0 radical (unpaired) electrons. The third-order valence-electron chi connectivity index (χ3n) is 3.09. The van der Waals surface area contributed by atoms with Crippen LogP contribution in [0.3, 0.4) is 0 Å². The normalized spacial score (nSPS) is 10.7. The molecule has 5 heteroatoms. The van der Waals surface area contributed by atoms with E-state index in [-0.39, 0.29) is 5.56 Å². The van der Waals surface area contributed by atoms with Crippen LogP contribution in [0.15, 0.2) is 24.3 Å². The molecule has 0 spiro atoms. The molecule has 104 valence electrons. The van der Waals surface area contributed by atoms with Crippen LogP contribution in [0.1, 0.15) is 27.0 Å².